The fraction of sp³-hybridized carbons (Fsp3) is 0.385. The van der Waals surface area contributed by atoms with Gasteiger partial charge in [0.2, 0.25) is 0 Å². The number of hydrogen-bond acceptors (Lipinski definition) is 1. The van der Waals surface area contributed by atoms with Crippen molar-refractivity contribution < 1.29 is 9.50 Å². The van der Waals surface area contributed by atoms with E-state index in [0.717, 1.165) is 31.3 Å². The maximum Gasteiger partial charge on any atom is 0.144 e. The number of aliphatic hydroxyl groups excluding tert-OH is 1. The van der Waals surface area contributed by atoms with E-state index in [1.807, 2.05) is 6.07 Å². The molecular weight excluding hydrogens is 271 g/mol. The lowest BCUT2D eigenvalue weighted by Gasteiger charge is -2.09. The topological polar surface area (TPSA) is 20.2 Å². The molecule has 16 heavy (non-hydrogen) atoms. The highest BCUT2D eigenvalue weighted by molar-refractivity contribution is 9.10. The van der Waals surface area contributed by atoms with E-state index in [0.29, 0.717) is 10.0 Å². The molecule has 1 aromatic carbocycles. The fourth-order valence-electron chi connectivity index (χ4n) is 2.04. The van der Waals surface area contributed by atoms with Crippen LogP contribution in [0.25, 0.3) is 5.57 Å². The first-order chi connectivity index (χ1) is 7.68. The summed E-state index contributed by atoms with van der Waals surface area (Å²) in [6, 6.07) is 5.27. The average molecular weight is 285 g/mol. The van der Waals surface area contributed by atoms with Gasteiger partial charge in [0.15, 0.2) is 0 Å². The maximum atomic E-state index is 13.9. The fourth-order valence-corrected chi connectivity index (χ4v) is 2.41. The van der Waals surface area contributed by atoms with E-state index in [1.165, 1.54) is 0 Å². The van der Waals surface area contributed by atoms with Crippen LogP contribution < -0.4 is 0 Å². The van der Waals surface area contributed by atoms with Crippen LogP contribution in [-0.2, 0) is 0 Å². The third-order valence-electron chi connectivity index (χ3n) is 2.89. The second-order valence-corrected chi connectivity index (χ2v) is 4.96. The summed E-state index contributed by atoms with van der Waals surface area (Å²) in [6.45, 7) is 0. The first kappa shape index (κ1) is 11.8. The Morgan fingerprint density at radius 2 is 2.12 bits per heavy atom. The average Bonchev–Trinajstić information content (AvgIpc) is 2.47. The van der Waals surface area contributed by atoms with E-state index in [1.54, 1.807) is 18.2 Å². The van der Waals surface area contributed by atoms with Crippen molar-refractivity contribution in [3.63, 3.8) is 0 Å². The molecule has 1 unspecified atom stereocenters. The largest absolute Gasteiger partial charge is 0.389 e. The number of rotatable bonds is 1. The van der Waals surface area contributed by atoms with Gasteiger partial charge in [0.05, 0.1) is 10.6 Å². The summed E-state index contributed by atoms with van der Waals surface area (Å²) in [7, 11) is 0. The van der Waals surface area contributed by atoms with E-state index >= 15 is 0 Å². The van der Waals surface area contributed by atoms with Crippen molar-refractivity contribution in [2.45, 2.75) is 31.8 Å². The minimum Gasteiger partial charge on any atom is -0.389 e. The molecule has 1 atom stereocenters. The Balaban J connectivity index is 2.38. The monoisotopic (exact) mass is 284 g/mol. The Morgan fingerprint density at radius 1 is 1.31 bits per heavy atom. The summed E-state index contributed by atoms with van der Waals surface area (Å²) < 4.78 is 14.4. The highest BCUT2D eigenvalue weighted by atomic mass is 79.9. The Hall–Kier alpha value is -0.670. The number of allylic oxidation sites excluding steroid dienone is 1. The van der Waals surface area contributed by atoms with Gasteiger partial charge in [-0.05, 0) is 46.8 Å². The molecule has 0 amide bonds. The Bertz CT molecular complexity index is 414. The highest BCUT2D eigenvalue weighted by Gasteiger charge is 2.14. The summed E-state index contributed by atoms with van der Waals surface area (Å²) in [5.74, 6) is -0.233. The summed E-state index contributed by atoms with van der Waals surface area (Å²) in [5.41, 5.74) is 1.53. The molecule has 1 N–H and O–H groups in total. The number of aliphatic hydroxyl groups is 1. The molecule has 0 aliphatic heterocycles. The zero-order valence-corrected chi connectivity index (χ0v) is 10.5. The van der Waals surface area contributed by atoms with Gasteiger partial charge in [-0.25, -0.2) is 4.39 Å². The molecule has 0 saturated heterocycles. The van der Waals surface area contributed by atoms with Gasteiger partial charge in [-0.15, -0.1) is 0 Å². The third-order valence-corrected chi connectivity index (χ3v) is 3.50. The van der Waals surface area contributed by atoms with Crippen LogP contribution in [0.15, 0.2) is 28.7 Å². The lowest BCUT2D eigenvalue weighted by molar-refractivity contribution is 0.211. The van der Waals surface area contributed by atoms with Crippen LogP contribution in [0.5, 0.6) is 0 Å². The standard InChI is InChI=1S/C13H14BrFO/c14-12-7-3-6-11(13(12)15)9-4-1-2-5-10(16)8-9/h3,6-8,10,16H,1-2,4-5H2. The number of hydrogen-bond donors (Lipinski definition) is 1. The predicted molar refractivity (Wildman–Crippen MR) is 66.6 cm³/mol. The molecule has 0 aromatic heterocycles. The molecule has 0 radical (unpaired) electrons. The van der Waals surface area contributed by atoms with Crippen molar-refractivity contribution >= 4 is 21.5 Å². The van der Waals surface area contributed by atoms with Crippen molar-refractivity contribution in [1.82, 2.24) is 0 Å². The quantitative estimate of drug-likeness (QED) is 0.829. The van der Waals surface area contributed by atoms with Crippen LogP contribution in [0.4, 0.5) is 4.39 Å². The van der Waals surface area contributed by atoms with E-state index in [2.05, 4.69) is 15.9 Å². The molecule has 1 aliphatic rings. The molecule has 0 bridgehead atoms. The van der Waals surface area contributed by atoms with Gasteiger partial charge < -0.3 is 5.11 Å². The SMILES string of the molecule is OC1C=C(c2cccc(Br)c2F)CCCC1. The summed E-state index contributed by atoms with van der Waals surface area (Å²) in [6.07, 6.45) is 4.98. The van der Waals surface area contributed by atoms with Crippen molar-refractivity contribution in [3.8, 4) is 0 Å². The third kappa shape index (κ3) is 2.53. The van der Waals surface area contributed by atoms with Crippen molar-refractivity contribution in [2.75, 3.05) is 0 Å². The number of benzene rings is 1. The van der Waals surface area contributed by atoms with Gasteiger partial charge in [0, 0.05) is 5.56 Å². The van der Waals surface area contributed by atoms with E-state index < -0.39 is 6.10 Å². The van der Waals surface area contributed by atoms with Crippen LogP contribution in [0.3, 0.4) is 0 Å². The second kappa shape index (κ2) is 5.11. The lowest BCUT2D eigenvalue weighted by Crippen LogP contribution is -2.00. The summed E-state index contributed by atoms with van der Waals surface area (Å²) >= 11 is 3.18. The van der Waals surface area contributed by atoms with Crippen LogP contribution in [0.1, 0.15) is 31.2 Å². The van der Waals surface area contributed by atoms with E-state index in [-0.39, 0.29) is 5.82 Å². The van der Waals surface area contributed by atoms with Gasteiger partial charge in [0.25, 0.3) is 0 Å². The van der Waals surface area contributed by atoms with Crippen LogP contribution in [-0.4, -0.2) is 11.2 Å². The predicted octanol–water partition coefficient (Wildman–Crippen LogP) is 3.91. The van der Waals surface area contributed by atoms with Gasteiger partial charge in [0.1, 0.15) is 5.82 Å². The first-order valence-corrected chi connectivity index (χ1v) is 6.31. The van der Waals surface area contributed by atoms with E-state index in [4.69, 9.17) is 0 Å². The maximum absolute atomic E-state index is 13.9. The Kier molecular flexibility index (Phi) is 3.77. The van der Waals surface area contributed by atoms with E-state index in [9.17, 15) is 9.50 Å². The Morgan fingerprint density at radius 3 is 2.94 bits per heavy atom. The molecule has 1 aromatic rings. The number of halogens is 2. The summed E-state index contributed by atoms with van der Waals surface area (Å²) in [4.78, 5) is 0. The lowest BCUT2D eigenvalue weighted by atomic mass is 10.0. The van der Waals surface area contributed by atoms with Crippen molar-refractivity contribution in [1.29, 1.82) is 0 Å². The van der Waals surface area contributed by atoms with Gasteiger partial charge in [-0.3, -0.25) is 0 Å². The molecule has 2 rings (SSSR count). The molecule has 0 saturated carbocycles. The highest BCUT2D eigenvalue weighted by Crippen LogP contribution is 2.30. The zero-order chi connectivity index (χ0) is 11.5. The zero-order valence-electron chi connectivity index (χ0n) is 8.92. The van der Waals surface area contributed by atoms with Gasteiger partial charge in [-0.1, -0.05) is 24.6 Å². The molecule has 1 nitrogen and oxygen atoms in total. The smallest absolute Gasteiger partial charge is 0.144 e. The van der Waals surface area contributed by atoms with Crippen molar-refractivity contribution in [3.05, 3.63) is 40.1 Å². The Labute approximate surface area is 103 Å². The molecule has 0 spiro atoms. The normalized spacial score (nSPS) is 21.4. The first-order valence-electron chi connectivity index (χ1n) is 5.51. The van der Waals surface area contributed by atoms with Crippen LogP contribution >= 0.6 is 15.9 Å². The molecular formula is C13H14BrFO. The van der Waals surface area contributed by atoms with Crippen LogP contribution in [0.2, 0.25) is 0 Å². The van der Waals surface area contributed by atoms with Gasteiger partial charge in [-0.2, -0.15) is 0 Å². The van der Waals surface area contributed by atoms with Crippen molar-refractivity contribution in [2.24, 2.45) is 0 Å². The molecule has 0 heterocycles. The minimum atomic E-state index is -0.434. The minimum absolute atomic E-state index is 0.233. The molecule has 3 heteroatoms. The second-order valence-electron chi connectivity index (χ2n) is 4.11. The van der Waals surface area contributed by atoms with Gasteiger partial charge >= 0.3 is 0 Å². The molecule has 1 aliphatic carbocycles. The van der Waals surface area contributed by atoms with Crippen LogP contribution in [0, 0.1) is 5.82 Å². The summed E-state index contributed by atoms with van der Waals surface area (Å²) in [5, 5.41) is 9.67. The molecule has 0 fully saturated rings. The molecule has 86 valence electrons.